The first kappa shape index (κ1) is 11.0. The molecule has 3 aromatic rings. The van der Waals surface area contributed by atoms with Crippen molar-refractivity contribution in [2.45, 2.75) is 6.92 Å². The minimum Gasteiger partial charge on any atom is -0.396 e. The number of anilines is 1. The molecule has 0 saturated heterocycles. The molecule has 0 aliphatic carbocycles. The van der Waals surface area contributed by atoms with Gasteiger partial charge in [0.1, 0.15) is 5.69 Å². The highest BCUT2D eigenvalue weighted by Gasteiger charge is 2.10. The molecular weight excluding hydrogens is 242 g/mol. The van der Waals surface area contributed by atoms with Gasteiger partial charge in [-0.2, -0.15) is 5.10 Å². The first-order valence-electron chi connectivity index (χ1n) is 5.70. The van der Waals surface area contributed by atoms with Gasteiger partial charge in [-0.05, 0) is 30.5 Å². The van der Waals surface area contributed by atoms with Crippen LogP contribution in [0, 0.1) is 6.92 Å². The van der Waals surface area contributed by atoms with Gasteiger partial charge in [-0.25, -0.2) is 4.68 Å². The molecule has 3 nitrogen and oxygen atoms in total. The molecule has 0 radical (unpaired) electrons. The smallest absolute Gasteiger partial charge is 0.126 e. The Morgan fingerprint density at radius 2 is 1.94 bits per heavy atom. The Kier molecular flexibility index (Phi) is 2.64. The summed E-state index contributed by atoms with van der Waals surface area (Å²) in [6.07, 6.45) is 1.86. The zero-order valence-corrected chi connectivity index (χ0v) is 10.8. The molecule has 0 aliphatic heterocycles. The van der Waals surface area contributed by atoms with Gasteiger partial charge >= 0.3 is 0 Å². The first-order chi connectivity index (χ1) is 8.74. The van der Waals surface area contributed by atoms with Crippen LogP contribution >= 0.6 is 11.3 Å². The van der Waals surface area contributed by atoms with Crippen LogP contribution in [0.4, 0.5) is 5.69 Å². The van der Waals surface area contributed by atoms with E-state index in [1.54, 1.807) is 11.3 Å². The summed E-state index contributed by atoms with van der Waals surface area (Å²) < 4.78 is 1.82. The van der Waals surface area contributed by atoms with Gasteiger partial charge in [0, 0.05) is 0 Å². The molecular formula is C14H13N3S. The molecule has 90 valence electrons. The van der Waals surface area contributed by atoms with Crippen LogP contribution in [0.25, 0.3) is 16.3 Å². The third-order valence-corrected chi connectivity index (χ3v) is 3.67. The highest BCUT2D eigenvalue weighted by Crippen LogP contribution is 2.29. The lowest BCUT2D eigenvalue weighted by molar-refractivity contribution is 0.885. The average Bonchev–Trinajstić information content (AvgIpc) is 2.99. The van der Waals surface area contributed by atoms with Crippen molar-refractivity contribution in [1.82, 2.24) is 9.78 Å². The van der Waals surface area contributed by atoms with Crippen LogP contribution < -0.4 is 5.73 Å². The van der Waals surface area contributed by atoms with E-state index < -0.39 is 0 Å². The number of nitrogens with two attached hydrogens (primary N) is 1. The van der Waals surface area contributed by atoms with Crippen molar-refractivity contribution in [2.75, 3.05) is 5.73 Å². The van der Waals surface area contributed by atoms with Crippen LogP contribution in [0.5, 0.6) is 0 Å². The maximum atomic E-state index is 6.02. The molecule has 4 heteroatoms. The zero-order chi connectivity index (χ0) is 12.5. The summed E-state index contributed by atoms with van der Waals surface area (Å²) in [7, 11) is 0. The maximum absolute atomic E-state index is 6.02. The lowest BCUT2D eigenvalue weighted by Gasteiger charge is -2.00. The zero-order valence-electron chi connectivity index (χ0n) is 10.00. The Hall–Kier alpha value is -2.07. The number of rotatable bonds is 2. The predicted octanol–water partition coefficient (Wildman–Crippen LogP) is 3.49. The van der Waals surface area contributed by atoms with E-state index in [2.05, 4.69) is 24.2 Å². The quantitative estimate of drug-likeness (QED) is 0.761. The van der Waals surface area contributed by atoms with Gasteiger partial charge in [0.15, 0.2) is 0 Å². The van der Waals surface area contributed by atoms with Crippen molar-refractivity contribution in [1.29, 1.82) is 0 Å². The van der Waals surface area contributed by atoms with Crippen molar-refractivity contribution in [3.63, 3.8) is 0 Å². The van der Waals surface area contributed by atoms with Crippen LogP contribution in [0.15, 0.2) is 48.0 Å². The average molecular weight is 255 g/mol. The monoisotopic (exact) mass is 255 g/mol. The molecule has 3 rings (SSSR count). The van der Waals surface area contributed by atoms with E-state index in [-0.39, 0.29) is 0 Å². The molecule has 0 aliphatic rings. The molecule has 0 spiro atoms. The molecule has 1 aromatic carbocycles. The van der Waals surface area contributed by atoms with E-state index >= 15 is 0 Å². The van der Waals surface area contributed by atoms with E-state index in [0.29, 0.717) is 5.69 Å². The van der Waals surface area contributed by atoms with Gasteiger partial charge in [-0.3, -0.25) is 0 Å². The van der Waals surface area contributed by atoms with Gasteiger partial charge in [0.2, 0.25) is 0 Å². The van der Waals surface area contributed by atoms with Crippen LogP contribution in [0.1, 0.15) is 5.56 Å². The number of thiophene rings is 1. The van der Waals surface area contributed by atoms with Crippen LogP contribution in [0.3, 0.4) is 0 Å². The third kappa shape index (κ3) is 1.91. The molecule has 2 heterocycles. The van der Waals surface area contributed by atoms with Crippen molar-refractivity contribution >= 4 is 17.0 Å². The van der Waals surface area contributed by atoms with Gasteiger partial charge in [-0.1, -0.05) is 23.8 Å². The second-order valence-electron chi connectivity index (χ2n) is 4.19. The largest absolute Gasteiger partial charge is 0.396 e. The number of nitrogens with zero attached hydrogens (tertiary/aromatic N) is 2. The number of aryl methyl sites for hydroxylation is 1. The minimum atomic E-state index is 0.707. The molecule has 0 atom stereocenters. The van der Waals surface area contributed by atoms with Crippen LogP contribution in [-0.4, -0.2) is 9.78 Å². The SMILES string of the molecule is Cc1ccc(-n2cc(N)c(-c3cccs3)n2)cc1. The summed E-state index contributed by atoms with van der Waals surface area (Å²) in [6, 6.07) is 12.3. The maximum Gasteiger partial charge on any atom is 0.126 e. The molecule has 18 heavy (non-hydrogen) atoms. The minimum absolute atomic E-state index is 0.707. The highest BCUT2D eigenvalue weighted by atomic mass is 32.1. The molecule has 0 fully saturated rings. The van der Waals surface area contributed by atoms with Gasteiger partial charge in [0.05, 0.1) is 22.4 Å². The van der Waals surface area contributed by atoms with Crippen molar-refractivity contribution < 1.29 is 0 Å². The Morgan fingerprint density at radius 3 is 2.61 bits per heavy atom. The van der Waals surface area contributed by atoms with Gasteiger partial charge < -0.3 is 5.73 Å². The fourth-order valence-electron chi connectivity index (χ4n) is 1.82. The van der Waals surface area contributed by atoms with Gasteiger partial charge in [0.25, 0.3) is 0 Å². The Bertz CT molecular complexity index is 651. The molecule has 2 aromatic heterocycles. The Morgan fingerprint density at radius 1 is 1.17 bits per heavy atom. The molecule has 2 N–H and O–H groups in total. The fraction of sp³-hybridized carbons (Fsp3) is 0.0714. The Balaban J connectivity index is 2.05. The fourth-order valence-corrected chi connectivity index (χ4v) is 2.55. The van der Waals surface area contributed by atoms with E-state index in [1.807, 2.05) is 40.5 Å². The number of benzene rings is 1. The summed E-state index contributed by atoms with van der Waals surface area (Å²) >= 11 is 1.65. The highest BCUT2D eigenvalue weighted by molar-refractivity contribution is 7.13. The second-order valence-corrected chi connectivity index (χ2v) is 5.14. The molecule has 0 amide bonds. The summed E-state index contributed by atoms with van der Waals surface area (Å²) in [5, 5.41) is 6.58. The summed E-state index contributed by atoms with van der Waals surface area (Å²) in [6.45, 7) is 2.07. The molecule has 0 unspecified atom stereocenters. The van der Waals surface area contributed by atoms with Crippen LogP contribution in [0.2, 0.25) is 0 Å². The first-order valence-corrected chi connectivity index (χ1v) is 6.58. The van der Waals surface area contributed by atoms with E-state index in [9.17, 15) is 0 Å². The van der Waals surface area contributed by atoms with E-state index in [0.717, 1.165) is 16.3 Å². The summed E-state index contributed by atoms with van der Waals surface area (Å²) in [4.78, 5) is 1.10. The Labute approximate surface area is 109 Å². The van der Waals surface area contributed by atoms with Crippen molar-refractivity contribution in [2.24, 2.45) is 0 Å². The summed E-state index contributed by atoms with van der Waals surface area (Å²) in [5.41, 5.74) is 9.84. The van der Waals surface area contributed by atoms with E-state index in [1.165, 1.54) is 5.56 Å². The lowest BCUT2D eigenvalue weighted by Crippen LogP contribution is -1.94. The topological polar surface area (TPSA) is 43.8 Å². The second kappa shape index (κ2) is 4.31. The number of aromatic nitrogens is 2. The third-order valence-electron chi connectivity index (χ3n) is 2.80. The van der Waals surface area contributed by atoms with Crippen LogP contribution in [-0.2, 0) is 0 Å². The number of hydrogen-bond donors (Lipinski definition) is 1. The lowest BCUT2D eigenvalue weighted by atomic mass is 10.2. The van der Waals surface area contributed by atoms with Crippen molar-refractivity contribution in [3.8, 4) is 16.3 Å². The number of nitrogen functional groups attached to an aromatic ring is 1. The number of hydrogen-bond acceptors (Lipinski definition) is 3. The summed E-state index contributed by atoms with van der Waals surface area (Å²) in [5.74, 6) is 0. The standard InChI is InChI=1S/C14H13N3S/c1-10-4-6-11(7-5-10)17-9-12(15)14(16-17)13-3-2-8-18-13/h2-9H,15H2,1H3. The van der Waals surface area contributed by atoms with Crippen molar-refractivity contribution in [3.05, 3.63) is 53.5 Å². The van der Waals surface area contributed by atoms with Gasteiger partial charge in [-0.15, -0.1) is 11.3 Å². The normalized spacial score (nSPS) is 10.7. The molecule has 0 bridgehead atoms. The molecule has 0 saturated carbocycles. The van der Waals surface area contributed by atoms with E-state index in [4.69, 9.17) is 5.73 Å². The predicted molar refractivity (Wildman–Crippen MR) is 76.0 cm³/mol.